The van der Waals surface area contributed by atoms with Gasteiger partial charge in [0.15, 0.2) is 5.82 Å². The summed E-state index contributed by atoms with van der Waals surface area (Å²) < 4.78 is 0. The summed E-state index contributed by atoms with van der Waals surface area (Å²) in [6.07, 6.45) is 0. The number of hydrogen-bond donors (Lipinski definition) is 1. The SMILES string of the molecule is Cc1cc2c(Nc3cccc(Cl)c3C)nc(-c3ccccc3)nc2s1. The summed E-state index contributed by atoms with van der Waals surface area (Å²) in [5.41, 5.74) is 2.96. The van der Waals surface area contributed by atoms with E-state index in [2.05, 4.69) is 18.3 Å². The largest absolute Gasteiger partial charge is 0.339 e. The number of halogens is 1. The molecular formula is C20H16ClN3S. The molecule has 0 aliphatic rings. The summed E-state index contributed by atoms with van der Waals surface area (Å²) in [7, 11) is 0. The van der Waals surface area contributed by atoms with E-state index in [-0.39, 0.29) is 0 Å². The van der Waals surface area contributed by atoms with Crippen molar-refractivity contribution in [1.29, 1.82) is 0 Å². The Bertz CT molecular complexity index is 1060. The lowest BCUT2D eigenvalue weighted by molar-refractivity contribution is 1.23. The number of hydrogen-bond acceptors (Lipinski definition) is 4. The van der Waals surface area contributed by atoms with Crippen LogP contribution in [0.25, 0.3) is 21.6 Å². The molecule has 0 aliphatic heterocycles. The lowest BCUT2D eigenvalue weighted by Crippen LogP contribution is -1.99. The monoisotopic (exact) mass is 365 g/mol. The Kier molecular flexibility index (Phi) is 4.15. The highest BCUT2D eigenvalue weighted by Crippen LogP contribution is 2.34. The Hall–Kier alpha value is -2.43. The van der Waals surface area contributed by atoms with E-state index in [4.69, 9.17) is 21.6 Å². The normalized spacial score (nSPS) is 11.0. The van der Waals surface area contributed by atoms with E-state index in [1.165, 1.54) is 4.88 Å². The van der Waals surface area contributed by atoms with Crippen LogP contribution >= 0.6 is 22.9 Å². The van der Waals surface area contributed by atoms with Gasteiger partial charge in [-0.1, -0.05) is 48.0 Å². The molecular weight excluding hydrogens is 350 g/mol. The van der Waals surface area contributed by atoms with Crippen LogP contribution in [-0.2, 0) is 0 Å². The number of thiophene rings is 1. The molecule has 4 aromatic rings. The van der Waals surface area contributed by atoms with Crippen molar-refractivity contribution in [3.63, 3.8) is 0 Å². The van der Waals surface area contributed by atoms with Crippen molar-refractivity contribution >= 4 is 44.7 Å². The third kappa shape index (κ3) is 3.11. The molecule has 2 aromatic carbocycles. The summed E-state index contributed by atoms with van der Waals surface area (Å²) in [6.45, 7) is 4.09. The van der Waals surface area contributed by atoms with Crippen LogP contribution in [0.1, 0.15) is 10.4 Å². The van der Waals surface area contributed by atoms with Gasteiger partial charge in [-0.25, -0.2) is 9.97 Å². The third-order valence-corrected chi connectivity index (χ3v) is 5.42. The molecule has 0 atom stereocenters. The molecule has 5 heteroatoms. The molecule has 2 heterocycles. The van der Waals surface area contributed by atoms with E-state index in [1.54, 1.807) is 11.3 Å². The van der Waals surface area contributed by atoms with Gasteiger partial charge in [0, 0.05) is 21.2 Å². The maximum atomic E-state index is 6.26. The highest BCUT2D eigenvalue weighted by molar-refractivity contribution is 7.18. The number of aromatic nitrogens is 2. The van der Waals surface area contributed by atoms with Crippen LogP contribution in [0.3, 0.4) is 0 Å². The Balaban J connectivity index is 1.88. The molecule has 3 nitrogen and oxygen atoms in total. The van der Waals surface area contributed by atoms with E-state index in [1.807, 2.05) is 55.5 Å². The average Bonchev–Trinajstić information content (AvgIpc) is 3.00. The van der Waals surface area contributed by atoms with Crippen molar-refractivity contribution < 1.29 is 0 Å². The van der Waals surface area contributed by atoms with Gasteiger partial charge in [-0.15, -0.1) is 11.3 Å². The predicted octanol–water partition coefficient (Wildman–Crippen LogP) is 6.37. The van der Waals surface area contributed by atoms with Gasteiger partial charge in [-0.2, -0.15) is 0 Å². The minimum Gasteiger partial charge on any atom is -0.339 e. The van der Waals surface area contributed by atoms with E-state index < -0.39 is 0 Å². The molecule has 0 saturated heterocycles. The maximum Gasteiger partial charge on any atom is 0.163 e. The van der Waals surface area contributed by atoms with Gasteiger partial charge in [0.2, 0.25) is 0 Å². The number of nitrogens with zero attached hydrogens (tertiary/aromatic N) is 2. The number of fused-ring (bicyclic) bond motifs is 1. The molecule has 124 valence electrons. The molecule has 0 fully saturated rings. The van der Waals surface area contributed by atoms with Crippen molar-refractivity contribution in [2.45, 2.75) is 13.8 Å². The molecule has 2 aromatic heterocycles. The van der Waals surface area contributed by atoms with E-state index in [0.29, 0.717) is 0 Å². The Morgan fingerprint density at radius 3 is 2.56 bits per heavy atom. The predicted molar refractivity (Wildman–Crippen MR) is 107 cm³/mol. The van der Waals surface area contributed by atoms with Crippen molar-refractivity contribution in [2.75, 3.05) is 5.32 Å². The van der Waals surface area contributed by atoms with Crippen molar-refractivity contribution in [3.8, 4) is 11.4 Å². The van der Waals surface area contributed by atoms with Gasteiger partial charge < -0.3 is 5.32 Å². The molecule has 0 aliphatic carbocycles. The zero-order valence-corrected chi connectivity index (χ0v) is 15.4. The number of nitrogens with one attached hydrogen (secondary N) is 1. The first kappa shape index (κ1) is 16.1. The van der Waals surface area contributed by atoms with E-state index in [0.717, 1.165) is 43.7 Å². The average molecular weight is 366 g/mol. The molecule has 0 bridgehead atoms. The van der Waals surface area contributed by atoms with Crippen LogP contribution in [0, 0.1) is 13.8 Å². The number of aryl methyl sites for hydroxylation is 1. The smallest absolute Gasteiger partial charge is 0.163 e. The summed E-state index contributed by atoms with van der Waals surface area (Å²) >= 11 is 7.93. The second-order valence-corrected chi connectivity index (χ2v) is 7.52. The summed E-state index contributed by atoms with van der Waals surface area (Å²) in [5.74, 6) is 1.52. The summed E-state index contributed by atoms with van der Waals surface area (Å²) in [5, 5.41) is 5.22. The van der Waals surface area contributed by atoms with Crippen LogP contribution in [0.5, 0.6) is 0 Å². The molecule has 1 N–H and O–H groups in total. The van der Waals surface area contributed by atoms with Gasteiger partial charge in [0.1, 0.15) is 10.6 Å². The van der Waals surface area contributed by atoms with Crippen LogP contribution in [0.15, 0.2) is 54.6 Å². The highest BCUT2D eigenvalue weighted by atomic mass is 35.5. The van der Waals surface area contributed by atoms with Gasteiger partial charge in [-0.05, 0) is 37.6 Å². The first-order valence-corrected chi connectivity index (χ1v) is 9.17. The lowest BCUT2D eigenvalue weighted by Gasteiger charge is -2.12. The minimum absolute atomic E-state index is 0.720. The highest BCUT2D eigenvalue weighted by Gasteiger charge is 2.13. The first-order chi connectivity index (χ1) is 12.1. The lowest BCUT2D eigenvalue weighted by atomic mass is 10.2. The van der Waals surface area contributed by atoms with E-state index >= 15 is 0 Å². The quantitative estimate of drug-likeness (QED) is 0.458. The zero-order valence-electron chi connectivity index (χ0n) is 13.9. The molecule has 0 amide bonds. The number of benzene rings is 2. The molecule has 0 saturated carbocycles. The topological polar surface area (TPSA) is 37.8 Å². The molecule has 0 spiro atoms. The van der Waals surface area contributed by atoms with Crippen LogP contribution in [0.4, 0.5) is 11.5 Å². The van der Waals surface area contributed by atoms with Crippen molar-refractivity contribution in [2.24, 2.45) is 0 Å². The Morgan fingerprint density at radius 1 is 0.960 bits per heavy atom. The van der Waals surface area contributed by atoms with Gasteiger partial charge in [-0.3, -0.25) is 0 Å². The Morgan fingerprint density at radius 2 is 1.76 bits per heavy atom. The number of anilines is 2. The molecule has 4 rings (SSSR count). The van der Waals surface area contributed by atoms with Gasteiger partial charge >= 0.3 is 0 Å². The molecule has 0 unspecified atom stereocenters. The third-order valence-electron chi connectivity index (χ3n) is 4.07. The molecule has 0 radical (unpaired) electrons. The fraction of sp³-hybridized carbons (Fsp3) is 0.100. The van der Waals surface area contributed by atoms with Crippen LogP contribution < -0.4 is 5.32 Å². The van der Waals surface area contributed by atoms with E-state index in [9.17, 15) is 0 Å². The van der Waals surface area contributed by atoms with Gasteiger partial charge in [0.05, 0.1) is 5.39 Å². The fourth-order valence-corrected chi connectivity index (χ4v) is 3.78. The Labute approximate surface area is 155 Å². The fourth-order valence-electron chi connectivity index (χ4n) is 2.72. The summed E-state index contributed by atoms with van der Waals surface area (Å²) in [4.78, 5) is 11.7. The van der Waals surface area contributed by atoms with Crippen molar-refractivity contribution in [3.05, 3.63) is 70.1 Å². The second-order valence-electron chi connectivity index (χ2n) is 5.88. The zero-order chi connectivity index (χ0) is 17.4. The maximum absolute atomic E-state index is 6.26. The molecule has 25 heavy (non-hydrogen) atoms. The number of rotatable bonds is 3. The van der Waals surface area contributed by atoms with Crippen LogP contribution in [-0.4, -0.2) is 9.97 Å². The first-order valence-electron chi connectivity index (χ1n) is 7.97. The van der Waals surface area contributed by atoms with Crippen molar-refractivity contribution in [1.82, 2.24) is 9.97 Å². The van der Waals surface area contributed by atoms with Crippen LogP contribution in [0.2, 0.25) is 5.02 Å². The summed E-state index contributed by atoms with van der Waals surface area (Å²) in [6, 6.07) is 18.0. The minimum atomic E-state index is 0.720. The standard InChI is InChI=1S/C20H16ClN3S/c1-12-11-15-19(22-17-10-6-9-16(21)13(17)2)23-18(24-20(15)25-12)14-7-4-3-5-8-14/h3-11H,1-2H3,(H,22,23,24). The second kappa shape index (κ2) is 6.47. The van der Waals surface area contributed by atoms with Gasteiger partial charge in [0.25, 0.3) is 0 Å².